The molecule has 23 heavy (non-hydrogen) atoms. The van der Waals surface area contributed by atoms with Crippen LogP contribution in [0.4, 0.5) is 0 Å². The monoisotopic (exact) mass is 323 g/mol. The average Bonchev–Trinajstić information content (AvgIpc) is 2.55. The predicted molar refractivity (Wildman–Crippen MR) is 82.6 cm³/mol. The number of nitrogens with one attached hydrogen (secondary N) is 1. The maximum Gasteiger partial charge on any atom is 0.334 e. The minimum absolute atomic E-state index is 0.0549. The zero-order valence-corrected chi connectivity index (χ0v) is 13.2. The molecule has 0 saturated carbocycles. The fraction of sp³-hybridized carbons (Fsp3) is 0.438. The van der Waals surface area contributed by atoms with Gasteiger partial charge < -0.3 is 19.9 Å². The van der Waals surface area contributed by atoms with E-state index in [1.807, 2.05) is 0 Å². The van der Waals surface area contributed by atoms with Gasteiger partial charge in [-0.25, -0.2) is 4.79 Å². The molecule has 1 amide bonds. The zero-order valence-electron chi connectivity index (χ0n) is 13.2. The Morgan fingerprint density at radius 2 is 1.78 bits per heavy atom. The van der Waals surface area contributed by atoms with E-state index in [0.717, 1.165) is 0 Å². The summed E-state index contributed by atoms with van der Waals surface area (Å²) in [6.45, 7) is -0.100. The number of methoxy groups -OCH3 is 2. The Hall–Kier alpha value is -2.41. The van der Waals surface area contributed by atoms with Crippen molar-refractivity contribution in [2.24, 2.45) is 0 Å². The van der Waals surface area contributed by atoms with Gasteiger partial charge in [0.1, 0.15) is 5.75 Å². The third kappa shape index (κ3) is 6.48. The molecule has 7 heteroatoms. The molecule has 0 aliphatic rings. The molecule has 1 rings (SSSR count). The van der Waals surface area contributed by atoms with Crippen LogP contribution in [0.1, 0.15) is 29.6 Å². The highest BCUT2D eigenvalue weighted by atomic mass is 16.5. The van der Waals surface area contributed by atoms with Crippen LogP contribution < -0.4 is 10.1 Å². The first-order valence-corrected chi connectivity index (χ1v) is 7.17. The van der Waals surface area contributed by atoms with E-state index in [1.54, 1.807) is 31.4 Å². The normalized spacial score (nSPS) is 11.6. The summed E-state index contributed by atoms with van der Waals surface area (Å²) in [5.41, 5.74) is 0.566. The van der Waals surface area contributed by atoms with E-state index >= 15 is 0 Å². The number of aliphatic carboxylic acids is 1. The van der Waals surface area contributed by atoms with Crippen LogP contribution in [0.5, 0.6) is 5.75 Å². The van der Waals surface area contributed by atoms with Gasteiger partial charge in [-0.1, -0.05) is 0 Å². The van der Waals surface area contributed by atoms with Gasteiger partial charge in [0, 0.05) is 25.5 Å². The third-order valence-corrected chi connectivity index (χ3v) is 3.26. The smallest absolute Gasteiger partial charge is 0.334 e. The molecule has 1 aromatic rings. The number of hydrogen-bond donors (Lipinski definition) is 2. The van der Waals surface area contributed by atoms with Gasteiger partial charge >= 0.3 is 5.97 Å². The summed E-state index contributed by atoms with van der Waals surface area (Å²) in [7, 11) is 2.81. The quantitative estimate of drug-likeness (QED) is 0.629. The predicted octanol–water partition coefficient (Wildman–Crippen LogP) is 1.26. The van der Waals surface area contributed by atoms with Gasteiger partial charge in [0.2, 0.25) is 5.91 Å². The molecule has 1 aromatic carbocycles. The Kier molecular flexibility index (Phi) is 7.76. The lowest BCUT2D eigenvalue weighted by Gasteiger charge is -2.11. The number of Topliss-reactive ketones (excluding diaryl/α,β-unsaturated/α-hetero) is 1. The van der Waals surface area contributed by atoms with Crippen molar-refractivity contribution in [1.82, 2.24) is 5.32 Å². The van der Waals surface area contributed by atoms with Crippen molar-refractivity contribution in [2.45, 2.75) is 25.4 Å². The number of carbonyl (C=O) groups excluding carboxylic acids is 2. The van der Waals surface area contributed by atoms with Crippen LogP contribution in [0.15, 0.2) is 24.3 Å². The molecule has 0 spiro atoms. The zero-order chi connectivity index (χ0) is 17.2. The van der Waals surface area contributed by atoms with Crippen molar-refractivity contribution in [3.8, 4) is 5.75 Å². The topological polar surface area (TPSA) is 102 Å². The fourth-order valence-corrected chi connectivity index (χ4v) is 1.90. The van der Waals surface area contributed by atoms with Crippen LogP contribution in [0, 0.1) is 0 Å². The van der Waals surface area contributed by atoms with Gasteiger partial charge in [0.05, 0.1) is 13.7 Å². The lowest BCUT2D eigenvalue weighted by atomic mass is 10.1. The molecule has 0 heterocycles. The molecule has 0 aromatic heterocycles. The third-order valence-electron chi connectivity index (χ3n) is 3.26. The number of rotatable bonds is 10. The number of carboxylic acids is 1. The second kappa shape index (κ2) is 9.58. The van der Waals surface area contributed by atoms with Crippen LogP contribution in [-0.4, -0.2) is 49.6 Å². The molecule has 1 unspecified atom stereocenters. The summed E-state index contributed by atoms with van der Waals surface area (Å²) < 4.78 is 9.72. The van der Waals surface area contributed by atoms with Crippen molar-refractivity contribution in [3.63, 3.8) is 0 Å². The molecular formula is C16H21NO6. The van der Waals surface area contributed by atoms with Crippen molar-refractivity contribution >= 4 is 17.7 Å². The van der Waals surface area contributed by atoms with Crippen LogP contribution in [-0.2, 0) is 14.3 Å². The van der Waals surface area contributed by atoms with Gasteiger partial charge in [-0.2, -0.15) is 0 Å². The molecule has 0 aliphatic heterocycles. The van der Waals surface area contributed by atoms with E-state index in [-0.39, 0.29) is 31.1 Å². The Morgan fingerprint density at radius 3 is 2.30 bits per heavy atom. The molecule has 126 valence electrons. The van der Waals surface area contributed by atoms with E-state index in [1.165, 1.54) is 7.11 Å². The number of benzene rings is 1. The van der Waals surface area contributed by atoms with E-state index in [9.17, 15) is 14.4 Å². The van der Waals surface area contributed by atoms with Crippen LogP contribution >= 0.6 is 0 Å². The molecule has 0 bridgehead atoms. The summed E-state index contributed by atoms with van der Waals surface area (Å²) in [6.07, 6.45) is -0.286. The Balaban J connectivity index is 2.31. The first-order chi connectivity index (χ1) is 11.0. The first-order valence-electron chi connectivity index (χ1n) is 7.17. The molecule has 2 N–H and O–H groups in total. The van der Waals surface area contributed by atoms with Gasteiger partial charge in [-0.05, 0) is 30.7 Å². The number of amides is 1. The van der Waals surface area contributed by atoms with Crippen molar-refractivity contribution < 1.29 is 29.0 Å². The average molecular weight is 323 g/mol. The minimum atomic E-state index is -1.14. The summed E-state index contributed by atoms with van der Waals surface area (Å²) in [4.78, 5) is 34.3. The summed E-state index contributed by atoms with van der Waals surface area (Å²) in [5, 5.41) is 11.2. The number of carboxylic acid groups (broad SMARTS) is 1. The number of carbonyl (C=O) groups is 3. The molecular weight excluding hydrogens is 302 g/mol. The molecule has 7 nitrogen and oxygen atoms in total. The highest BCUT2D eigenvalue weighted by molar-refractivity contribution is 5.96. The largest absolute Gasteiger partial charge is 0.497 e. The van der Waals surface area contributed by atoms with E-state index in [0.29, 0.717) is 17.7 Å². The second-order valence-corrected chi connectivity index (χ2v) is 4.87. The summed E-state index contributed by atoms with van der Waals surface area (Å²) in [5.74, 6) is -0.828. The summed E-state index contributed by atoms with van der Waals surface area (Å²) in [6, 6.07) is 6.77. The van der Waals surface area contributed by atoms with E-state index < -0.39 is 12.1 Å². The van der Waals surface area contributed by atoms with E-state index in [4.69, 9.17) is 14.6 Å². The Bertz CT molecular complexity index is 540. The number of hydrogen-bond acceptors (Lipinski definition) is 5. The van der Waals surface area contributed by atoms with Crippen molar-refractivity contribution in [1.29, 1.82) is 0 Å². The maximum atomic E-state index is 12.0. The Labute approximate surface area is 134 Å². The van der Waals surface area contributed by atoms with Crippen LogP contribution in [0.25, 0.3) is 0 Å². The van der Waals surface area contributed by atoms with Crippen molar-refractivity contribution in [3.05, 3.63) is 29.8 Å². The van der Waals surface area contributed by atoms with Crippen molar-refractivity contribution in [2.75, 3.05) is 20.8 Å². The van der Waals surface area contributed by atoms with Gasteiger partial charge in [-0.15, -0.1) is 0 Å². The van der Waals surface area contributed by atoms with E-state index in [2.05, 4.69) is 5.32 Å². The Morgan fingerprint density at radius 1 is 1.13 bits per heavy atom. The van der Waals surface area contributed by atoms with Gasteiger partial charge in [-0.3, -0.25) is 9.59 Å². The number of ketones is 1. The lowest BCUT2D eigenvalue weighted by Crippen LogP contribution is -2.37. The molecule has 0 aliphatic carbocycles. The highest BCUT2D eigenvalue weighted by Gasteiger charge is 2.17. The van der Waals surface area contributed by atoms with Gasteiger partial charge in [0.15, 0.2) is 11.9 Å². The van der Waals surface area contributed by atoms with Crippen LogP contribution in [0.2, 0.25) is 0 Å². The standard InChI is InChI=1S/C16H21NO6/c1-22-12-8-6-11(7-9-12)13(18)4-3-5-15(19)17-10-14(23-2)16(20)21/h6-9,14H,3-5,10H2,1-2H3,(H,17,19)(H,20,21). The fourth-order valence-electron chi connectivity index (χ4n) is 1.90. The molecule has 0 radical (unpaired) electrons. The lowest BCUT2D eigenvalue weighted by molar-refractivity contribution is -0.148. The van der Waals surface area contributed by atoms with Gasteiger partial charge in [0.25, 0.3) is 0 Å². The number of ether oxygens (including phenoxy) is 2. The highest BCUT2D eigenvalue weighted by Crippen LogP contribution is 2.13. The molecule has 0 fully saturated rings. The van der Waals surface area contributed by atoms with Crippen LogP contribution in [0.3, 0.4) is 0 Å². The molecule has 1 atom stereocenters. The first kappa shape index (κ1) is 18.6. The second-order valence-electron chi connectivity index (χ2n) is 4.87. The SMILES string of the molecule is COc1ccc(C(=O)CCCC(=O)NCC(OC)C(=O)O)cc1. The molecule has 0 saturated heterocycles. The maximum absolute atomic E-state index is 12.0. The minimum Gasteiger partial charge on any atom is -0.497 e. The summed E-state index contributed by atoms with van der Waals surface area (Å²) >= 11 is 0.